The van der Waals surface area contributed by atoms with Gasteiger partial charge in [0, 0.05) is 12.1 Å². The molecule has 0 spiro atoms. The molecule has 0 atom stereocenters. The number of nitro benzene ring substituents is 1. The second kappa shape index (κ2) is 6.31. The van der Waals surface area contributed by atoms with Gasteiger partial charge in [0.2, 0.25) is 0 Å². The lowest BCUT2D eigenvalue weighted by molar-refractivity contribution is -0.384. The van der Waals surface area contributed by atoms with Crippen LogP contribution in [-0.4, -0.2) is 13.3 Å². The topological polar surface area (TPSA) is 89.3 Å². The Morgan fingerprint density at radius 3 is 2.16 bits per heavy atom. The Kier molecular flexibility index (Phi) is 4.71. The Hall–Kier alpha value is -2.69. The predicted molar refractivity (Wildman–Crippen MR) is 80.0 cm³/mol. The number of rotatable bonds is 4. The van der Waals surface area contributed by atoms with Crippen molar-refractivity contribution < 1.29 is 30.9 Å². The van der Waals surface area contributed by atoms with Gasteiger partial charge in [-0.05, 0) is 19.1 Å². The van der Waals surface area contributed by atoms with Gasteiger partial charge in [0.15, 0.2) is 0 Å². The minimum Gasteiger partial charge on any atom is -0.273 e. The summed E-state index contributed by atoms with van der Waals surface area (Å²) >= 11 is 0. The highest BCUT2D eigenvalue weighted by Crippen LogP contribution is 2.37. The van der Waals surface area contributed by atoms with E-state index in [-0.39, 0.29) is 17.0 Å². The van der Waals surface area contributed by atoms with Crippen molar-refractivity contribution in [3.8, 4) is 0 Å². The second-order valence-corrected chi connectivity index (χ2v) is 6.71. The van der Waals surface area contributed by atoms with Gasteiger partial charge < -0.3 is 0 Å². The molecule has 0 heterocycles. The van der Waals surface area contributed by atoms with Gasteiger partial charge in [0.25, 0.3) is 15.7 Å². The zero-order valence-corrected chi connectivity index (χ0v) is 13.3. The summed E-state index contributed by atoms with van der Waals surface area (Å²) in [6.45, 7) is 1.69. The van der Waals surface area contributed by atoms with Crippen LogP contribution in [0.2, 0.25) is 0 Å². The molecular formula is C14H10F4N2O4S. The summed E-state index contributed by atoms with van der Waals surface area (Å²) in [5.74, 6) is -1.83. The van der Waals surface area contributed by atoms with E-state index in [4.69, 9.17) is 0 Å². The van der Waals surface area contributed by atoms with Crippen LogP contribution in [0.15, 0.2) is 41.3 Å². The van der Waals surface area contributed by atoms with Gasteiger partial charge in [0.1, 0.15) is 11.5 Å². The van der Waals surface area contributed by atoms with Crippen LogP contribution in [0.3, 0.4) is 0 Å². The van der Waals surface area contributed by atoms with Gasteiger partial charge >= 0.3 is 6.18 Å². The van der Waals surface area contributed by atoms with Gasteiger partial charge in [-0.2, -0.15) is 13.2 Å². The first-order valence-corrected chi connectivity index (χ1v) is 8.05. The predicted octanol–water partition coefficient (Wildman–Crippen LogP) is 3.86. The van der Waals surface area contributed by atoms with Crippen LogP contribution in [-0.2, 0) is 16.2 Å². The standard InChI is InChI=1S/C14H10F4N2O4S/c1-8-2-4-9(5-3-8)25(23,24)19-12-7-11(15)10(14(16,17)18)6-13(12)20(21)22/h2-7,19H,1H3. The zero-order valence-electron chi connectivity index (χ0n) is 12.5. The van der Waals surface area contributed by atoms with E-state index in [0.29, 0.717) is 0 Å². The quantitative estimate of drug-likeness (QED) is 0.497. The Labute approximate surface area is 139 Å². The molecule has 0 bridgehead atoms. The molecule has 0 unspecified atom stereocenters. The number of hydrogen-bond donors (Lipinski definition) is 1. The van der Waals surface area contributed by atoms with Crippen molar-refractivity contribution >= 4 is 21.4 Å². The normalized spacial score (nSPS) is 12.0. The summed E-state index contributed by atoms with van der Waals surface area (Å²) in [5, 5.41) is 11.0. The van der Waals surface area contributed by atoms with Crippen LogP contribution in [0.25, 0.3) is 0 Å². The van der Waals surface area contributed by atoms with E-state index in [1.807, 2.05) is 0 Å². The monoisotopic (exact) mass is 378 g/mol. The Morgan fingerprint density at radius 1 is 1.12 bits per heavy atom. The van der Waals surface area contributed by atoms with Crippen molar-refractivity contribution in [2.24, 2.45) is 0 Å². The molecule has 0 saturated carbocycles. The molecule has 0 fully saturated rings. The molecule has 0 aliphatic heterocycles. The number of halogens is 4. The fourth-order valence-electron chi connectivity index (χ4n) is 1.93. The molecule has 25 heavy (non-hydrogen) atoms. The molecule has 2 aromatic carbocycles. The lowest BCUT2D eigenvalue weighted by atomic mass is 10.1. The molecule has 0 radical (unpaired) electrons. The van der Waals surface area contributed by atoms with E-state index < -0.39 is 43.9 Å². The molecule has 2 aromatic rings. The molecule has 0 amide bonds. The average Bonchev–Trinajstić information content (AvgIpc) is 2.45. The third-order valence-corrected chi connectivity index (χ3v) is 4.54. The van der Waals surface area contributed by atoms with Crippen molar-refractivity contribution in [2.75, 3.05) is 4.72 Å². The summed E-state index contributed by atoms with van der Waals surface area (Å²) < 4.78 is 77.8. The first-order chi connectivity index (χ1) is 11.4. The molecule has 1 N–H and O–H groups in total. The number of sulfonamides is 1. The maximum absolute atomic E-state index is 13.6. The maximum atomic E-state index is 13.6. The molecule has 134 valence electrons. The van der Waals surface area contributed by atoms with Crippen LogP contribution < -0.4 is 4.72 Å². The Balaban J connectivity index is 2.54. The molecule has 0 aliphatic rings. The van der Waals surface area contributed by atoms with Crippen LogP contribution in [0, 0.1) is 22.9 Å². The van der Waals surface area contributed by atoms with E-state index in [1.54, 1.807) is 11.6 Å². The Bertz CT molecular complexity index is 925. The summed E-state index contributed by atoms with van der Waals surface area (Å²) in [6, 6.07) is 5.38. The summed E-state index contributed by atoms with van der Waals surface area (Å²) in [6.07, 6.45) is -5.16. The van der Waals surface area contributed by atoms with Crippen LogP contribution in [0.5, 0.6) is 0 Å². The van der Waals surface area contributed by atoms with E-state index in [1.165, 1.54) is 24.3 Å². The van der Waals surface area contributed by atoms with E-state index in [0.717, 1.165) is 5.56 Å². The number of alkyl halides is 3. The second-order valence-electron chi connectivity index (χ2n) is 5.02. The van der Waals surface area contributed by atoms with Crippen molar-refractivity contribution in [3.05, 3.63) is 63.5 Å². The number of hydrogen-bond acceptors (Lipinski definition) is 4. The number of anilines is 1. The summed E-state index contributed by atoms with van der Waals surface area (Å²) in [4.78, 5) is 9.44. The van der Waals surface area contributed by atoms with Gasteiger partial charge in [-0.15, -0.1) is 0 Å². The number of nitrogens with one attached hydrogen (secondary N) is 1. The van der Waals surface area contributed by atoms with Crippen molar-refractivity contribution in [1.29, 1.82) is 0 Å². The van der Waals surface area contributed by atoms with E-state index >= 15 is 0 Å². The molecule has 0 aliphatic carbocycles. The zero-order chi connectivity index (χ0) is 19.0. The summed E-state index contributed by atoms with van der Waals surface area (Å²) in [5.41, 5.74) is -3.25. The molecule has 0 saturated heterocycles. The smallest absolute Gasteiger partial charge is 0.273 e. The van der Waals surface area contributed by atoms with Crippen molar-refractivity contribution in [1.82, 2.24) is 0 Å². The average molecular weight is 378 g/mol. The highest BCUT2D eigenvalue weighted by atomic mass is 32.2. The largest absolute Gasteiger partial charge is 0.419 e. The molecule has 0 aromatic heterocycles. The SMILES string of the molecule is Cc1ccc(S(=O)(=O)Nc2cc(F)c(C(F)(F)F)cc2[N+](=O)[O-])cc1. The third kappa shape index (κ3) is 4.05. The van der Waals surface area contributed by atoms with Crippen molar-refractivity contribution in [2.45, 2.75) is 18.0 Å². The highest BCUT2D eigenvalue weighted by Gasteiger charge is 2.37. The molecule has 6 nitrogen and oxygen atoms in total. The first kappa shape index (κ1) is 18.6. The lowest BCUT2D eigenvalue weighted by Crippen LogP contribution is -2.16. The van der Waals surface area contributed by atoms with Gasteiger partial charge in [-0.1, -0.05) is 17.7 Å². The molecule has 11 heteroatoms. The number of aryl methyl sites for hydroxylation is 1. The van der Waals surface area contributed by atoms with Gasteiger partial charge in [-0.3, -0.25) is 14.8 Å². The summed E-state index contributed by atoms with van der Waals surface area (Å²) in [7, 11) is -4.35. The molecule has 2 rings (SSSR count). The fraction of sp³-hybridized carbons (Fsp3) is 0.143. The molecular weight excluding hydrogens is 368 g/mol. The van der Waals surface area contributed by atoms with Crippen LogP contribution in [0.1, 0.15) is 11.1 Å². The fourth-order valence-corrected chi connectivity index (χ4v) is 3.00. The maximum Gasteiger partial charge on any atom is 0.419 e. The number of benzene rings is 2. The lowest BCUT2D eigenvalue weighted by Gasteiger charge is -2.12. The van der Waals surface area contributed by atoms with Crippen LogP contribution >= 0.6 is 0 Å². The Morgan fingerprint density at radius 2 is 1.68 bits per heavy atom. The van der Waals surface area contributed by atoms with E-state index in [9.17, 15) is 36.1 Å². The third-order valence-electron chi connectivity index (χ3n) is 3.16. The van der Waals surface area contributed by atoms with Gasteiger partial charge in [0.05, 0.1) is 15.4 Å². The highest BCUT2D eigenvalue weighted by molar-refractivity contribution is 7.92. The minimum atomic E-state index is -5.16. The minimum absolute atomic E-state index is 0.0532. The van der Waals surface area contributed by atoms with Gasteiger partial charge in [-0.25, -0.2) is 12.8 Å². The van der Waals surface area contributed by atoms with Crippen molar-refractivity contribution in [3.63, 3.8) is 0 Å². The number of nitro groups is 1. The number of nitrogens with zero attached hydrogens (tertiary/aromatic N) is 1. The first-order valence-electron chi connectivity index (χ1n) is 6.56. The van der Waals surface area contributed by atoms with Crippen LogP contribution in [0.4, 0.5) is 28.9 Å². The van der Waals surface area contributed by atoms with E-state index in [2.05, 4.69) is 0 Å².